The lowest BCUT2D eigenvalue weighted by molar-refractivity contribution is -0.137. The fraction of sp³-hybridized carbons (Fsp3) is 0.0526. The molecule has 0 spiro atoms. The Morgan fingerprint density at radius 1 is 1.00 bits per heavy atom. The molecule has 3 heterocycles. The summed E-state index contributed by atoms with van der Waals surface area (Å²) in [6.45, 7) is 0. The Hall–Kier alpha value is -3.46. The minimum Gasteiger partial charge on any atom is -0.287 e. The van der Waals surface area contributed by atoms with E-state index in [1.54, 1.807) is 30.3 Å². The summed E-state index contributed by atoms with van der Waals surface area (Å²) in [5.74, 6) is 0. The molecular formula is C19H11ClF3N5O. The van der Waals surface area contributed by atoms with Gasteiger partial charge in [-0.2, -0.15) is 23.4 Å². The van der Waals surface area contributed by atoms with Gasteiger partial charge in [0.25, 0.3) is 0 Å². The van der Waals surface area contributed by atoms with Crippen molar-refractivity contribution in [3.63, 3.8) is 0 Å². The molecule has 0 bridgehead atoms. The fourth-order valence-corrected chi connectivity index (χ4v) is 2.92. The molecule has 0 fully saturated rings. The van der Waals surface area contributed by atoms with Crippen LogP contribution in [0.25, 0.3) is 22.8 Å². The molecule has 0 aliphatic rings. The highest BCUT2D eigenvalue weighted by Crippen LogP contribution is 2.29. The van der Waals surface area contributed by atoms with Crippen LogP contribution in [0.4, 0.5) is 13.2 Å². The van der Waals surface area contributed by atoms with E-state index in [1.807, 2.05) is 0 Å². The van der Waals surface area contributed by atoms with Crippen molar-refractivity contribution in [1.29, 1.82) is 0 Å². The maximum absolute atomic E-state index is 13.0. The maximum Gasteiger partial charge on any atom is 0.417 e. The quantitative estimate of drug-likeness (QED) is 0.502. The summed E-state index contributed by atoms with van der Waals surface area (Å²) in [7, 11) is 0. The van der Waals surface area contributed by atoms with Crippen molar-refractivity contribution < 1.29 is 13.2 Å². The monoisotopic (exact) mass is 417 g/mol. The molecule has 3 aromatic heterocycles. The van der Waals surface area contributed by atoms with Crippen LogP contribution >= 0.6 is 11.6 Å². The molecule has 0 aliphatic carbocycles. The topological polar surface area (TPSA) is 65.6 Å². The van der Waals surface area contributed by atoms with E-state index in [2.05, 4.69) is 15.2 Å². The van der Waals surface area contributed by atoms with Gasteiger partial charge in [-0.3, -0.25) is 9.78 Å². The molecule has 29 heavy (non-hydrogen) atoms. The Morgan fingerprint density at radius 2 is 1.83 bits per heavy atom. The van der Waals surface area contributed by atoms with Gasteiger partial charge in [0.15, 0.2) is 5.69 Å². The number of halogens is 4. The smallest absolute Gasteiger partial charge is 0.287 e. The van der Waals surface area contributed by atoms with E-state index in [0.29, 0.717) is 16.4 Å². The third kappa shape index (κ3) is 3.77. The lowest BCUT2D eigenvalue weighted by Crippen LogP contribution is -2.15. The summed E-state index contributed by atoms with van der Waals surface area (Å²) in [6.07, 6.45) is 0.172. The number of rotatable bonds is 3. The summed E-state index contributed by atoms with van der Waals surface area (Å²) < 4.78 is 41.6. The van der Waals surface area contributed by atoms with Gasteiger partial charge in [-0.05, 0) is 30.3 Å². The first-order valence-electron chi connectivity index (χ1n) is 8.26. The second kappa shape index (κ2) is 7.17. The minimum atomic E-state index is -4.55. The van der Waals surface area contributed by atoms with Gasteiger partial charge < -0.3 is 0 Å². The van der Waals surface area contributed by atoms with E-state index < -0.39 is 17.2 Å². The minimum absolute atomic E-state index is 0.0161. The second-order valence-electron chi connectivity index (χ2n) is 6.01. The van der Waals surface area contributed by atoms with Crippen molar-refractivity contribution in [2.45, 2.75) is 6.18 Å². The Kier molecular flexibility index (Phi) is 4.67. The third-order valence-electron chi connectivity index (χ3n) is 4.06. The van der Waals surface area contributed by atoms with Gasteiger partial charge in [-0.25, -0.2) is 9.36 Å². The zero-order chi connectivity index (χ0) is 20.6. The van der Waals surface area contributed by atoms with Gasteiger partial charge in [0.1, 0.15) is 0 Å². The number of nitrogens with zero attached hydrogens (tertiary/aromatic N) is 5. The molecule has 4 rings (SSSR count). The average molecular weight is 418 g/mol. The molecule has 146 valence electrons. The molecule has 0 N–H and O–H groups in total. The van der Waals surface area contributed by atoms with Gasteiger partial charge in [0, 0.05) is 23.5 Å². The number of aromatic nitrogens is 5. The highest BCUT2D eigenvalue weighted by atomic mass is 35.5. The van der Waals surface area contributed by atoms with Gasteiger partial charge in [-0.1, -0.05) is 17.7 Å². The molecule has 4 aromatic rings. The van der Waals surface area contributed by atoms with Crippen LogP contribution in [0.5, 0.6) is 0 Å². The largest absolute Gasteiger partial charge is 0.417 e. The van der Waals surface area contributed by atoms with Gasteiger partial charge >= 0.3 is 6.18 Å². The van der Waals surface area contributed by atoms with Crippen LogP contribution in [-0.4, -0.2) is 24.5 Å². The van der Waals surface area contributed by atoms with Crippen molar-refractivity contribution in [1.82, 2.24) is 24.5 Å². The zero-order valence-electron chi connectivity index (χ0n) is 14.5. The Morgan fingerprint density at radius 3 is 2.59 bits per heavy atom. The van der Waals surface area contributed by atoms with Gasteiger partial charge in [-0.15, -0.1) is 0 Å². The molecule has 0 atom stereocenters. The lowest BCUT2D eigenvalue weighted by Gasteiger charge is -2.11. The zero-order valence-corrected chi connectivity index (χ0v) is 15.3. The van der Waals surface area contributed by atoms with Crippen LogP contribution < -0.4 is 5.43 Å². The molecule has 0 radical (unpaired) electrons. The summed E-state index contributed by atoms with van der Waals surface area (Å²) in [6, 6.07) is 10.5. The van der Waals surface area contributed by atoms with E-state index in [4.69, 9.17) is 11.6 Å². The molecule has 1 aromatic carbocycles. The molecular weight excluding hydrogens is 407 g/mol. The third-order valence-corrected chi connectivity index (χ3v) is 4.30. The van der Waals surface area contributed by atoms with Crippen molar-refractivity contribution in [2.75, 3.05) is 0 Å². The second-order valence-corrected chi connectivity index (χ2v) is 6.45. The predicted molar refractivity (Wildman–Crippen MR) is 100 cm³/mol. The summed E-state index contributed by atoms with van der Waals surface area (Å²) >= 11 is 6.03. The first kappa shape index (κ1) is 18.9. The Bertz CT molecular complexity index is 1250. The molecule has 0 saturated carbocycles. The van der Waals surface area contributed by atoms with Crippen molar-refractivity contribution in [3.05, 3.63) is 88.1 Å². The van der Waals surface area contributed by atoms with E-state index in [0.717, 1.165) is 16.9 Å². The number of benzene rings is 1. The van der Waals surface area contributed by atoms with E-state index in [1.165, 1.54) is 29.3 Å². The first-order valence-corrected chi connectivity index (χ1v) is 8.64. The highest BCUT2D eigenvalue weighted by Gasteiger charge is 2.31. The maximum atomic E-state index is 13.0. The molecule has 0 aliphatic heterocycles. The molecule has 0 amide bonds. The lowest BCUT2D eigenvalue weighted by atomic mass is 10.2. The highest BCUT2D eigenvalue weighted by molar-refractivity contribution is 6.30. The van der Waals surface area contributed by atoms with Crippen LogP contribution in [0.15, 0.2) is 72.0 Å². The fourth-order valence-electron chi connectivity index (χ4n) is 2.73. The van der Waals surface area contributed by atoms with E-state index in [9.17, 15) is 18.0 Å². The predicted octanol–water partition coefficient (Wildman–Crippen LogP) is 4.15. The number of hydrogen-bond acceptors (Lipinski definition) is 4. The normalized spacial score (nSPS) is 11.6. The first-order chi connectivity index (χ1) is 13.8. The summed E-state index contributed by atoms with van der Waals surface area (Å²) in [5, 5.41) is 8.91. The van der Waals surface area contributed by atoms with Crippen molar-refractivity contribution >= 4 is 11.6 Å². The van der Waals surface area contributed by atoms with E-state index >= 15 is 0 Å². The Labute approximate surface area is 166 Å². The number of alkyl halides is 3. The Balaban J connectivity index is 1.83. The summed E-state index contributed by atoms with van der Waals surface area (Å²) in [5.41, 5.74) is -0.273. The van der Waals surface area contributed by atoms with Crippen LogP contribution in [0.1, 0.15) is 5.56 Å². The van der Waals surface area contributed by atoms with Crippen molar-refractivity contribution in [3.8, 4) is 22.8 Å². The van der Waals surface area contributed by atoms with Crippen LogP contribution in [0.2, 0.25) is 5.02 Å². The van der Waals surface area contributed by atoms with E-state index in [-0.39, 0.29) is 11.4 Å². The SMILES string of the molecule is O=c1ccn(-c2cncc(C(F)(F)F)c2)nc1-c1ccnn1-c1cccc(Cl)c1. The molecule has 0 unspecified atom stereocenters. The molecule has 10 heteroatoms. The van der Waals surface area contributed by atoms with Crippen LogP contribution in [0, 0.1) is 0 Å². The number of hydrogen-bond donors (Lipinski definition) is 0. The summed E-state index contributed by atoms with van der Waals surface area (Å²) in [4.78, 5) is 16.1. The standard InChI is InChI=1S/C19H11ClF3N5O/c20-13-2-1-3-14(9-13)28-16(4-6-25-28)18-17(29)5-7-27(26-18)15-8-12(10-24-11-15)19(21,22)23/h1-11H. The van der Waals surface area contributed by atoms with Crippen molar-refractivity contribution in [2.24, 2.45) is 0 Å². The molecule has 6 nitrogen and oxygen atoms in total. The van der Waals surface area contributed by atoms with Gasteiger partial charge in [0.2, 0.25) is 5.43 Å². The number of pyridine rings is 1. The van der Waals surface area contributed by atoms with Crippen LogP contribution in [-0.2, 0) is 6.18 Å². The molecule has 0 saturated heterocycles. The van der Waals surface area contributed by atoms with Gasteiger partial charge in [0.05, 0.1) is 35.0 Å². The van der Waals surface area contributed by atoms with Crippen LogP contribution in [0.3, 0.4) is 0 Å². The average Bonchev–Trinajstić information content (AvgIpc) is 3.17.